The lowest BCUT2D eigenvalue weighted by Crippen LogP contribution is -2.36. The van der Waals surface area contributed by atoms with Crippen molar-refractivity contribution in [3.05, 3.63) is 29.3 Å². The Morgan fingerprint density at radius 1 is 1.37 bits per heavy atom. The quantitative estimate of drug-likeness (QED) is 0.805. The number of likely N-dealkylation sites (N-methyl/N-ethyl adjacent to an activating group) is 1. The fourth-order valence-corrected chi connectivity index (χ4v) is 1.88. The van der Waals surface area contributed by atoms with Crippen molar-refractivity contribution in [2.45, 2.75) is 6.42 Å². The van der Waals surface area contributed by atoms with E-state index in [0.29, 0.717) is 24.7 Å². The molecule has 0 bridgehead atoms. The molecule has 19 heavy (non-hydrogen) atoms. The van der Waals surface area contributed by atoms with E-state index in [9.17, 15) is 4.79 Å². The summed E-state index contributed by atoms with van der Waals surface area (Å²) in [5.41, 5.74) is 6.52. The summed E-state index contributed by atoms with van der Waals surface area (Å²) in [5, 5.41) is 9.52. The first-order valence-corrected chi connectivity index (χ1v) is 6.57. The van der Waals surface area contributed by atoms with Crippen molar-refractivity contribution in [1.82, 2.24) is 4.90 Å². The lowest BCUT2D eigenvalue weighted by atomic mass is 10.2. The van der Waals surface area contributed by atoms with Gasteiger partial charge in [0.2, 0.25) is 0 Å². The number of hydrogen-bond acceptors (Lipinski definition) is 3. The molecule has 6 heteroatoms. The molecule has 0 atom stereocenters. The highest BCUT2D eigenvalue weighted by Gasteiger charge is 2.10. The molecule has 1 aromatic carbocycles. The average molecular weight is 286 g/mol. The largest absolute Gasteiger partial charge is 0.465 e. The number of rotatable bonds is 7. The van der Waals surface area contributed by atoms with Crippen molar-refractivity contribution in [3.63, 3.8) is 0 Å². The van der Waals surface area contributed by atoms with Gasteiger partial charge >= 0.3 is 6.09 Å². The minimum Gasteiger partial charge on any atom is -0.465 e. The van der Waals surface area contributed by atoms with Gasteiger partial charge in [0.1, 0.15) is 0 Å². The minimum atomic E-state index is -0.926. The molecular weight excluding hydrogens is 266 g/mol. The Morgan fingerprint density at radius 2 is 2.11 bits per heavy atom. The fraction of sp³-hybridized carbons (Fsp3) is 0.462. The third-order valence-electron chi connectivity index (χ3n) is 2.84. The normalized spacial score (nSPS) is 10.3. The van der Waals surface area contributed by atoms with Crippen molar-refractivity contribution in [3.8, 4) is 0 Å². The molecule has 0 fully saturated rings. The molecule has 106 valence electrons. The molecule has 5 nitrogen and oxygen atoms in total. The van der Waals surface area contributed by atoms with Gasteiger partial charge in [-0.05, 0) is 31.2 Å². The predicted molar refractivity (Wildman–Crippen MR) is 78.0 cm³/mol. The molecular formula is C13H20ClN3O2. The van der Waals surface area contributed by atoms with Gasteiger partial charge in [0, 0.05) is 37.4 Å². The van der Waals surface area contributed by atoms with Gasteiger partial charge in [-0.15, -0.1) is 0 Å². The molecule has 0 aliphatic heterocycles. The molecule has 0 saturated heterocycles. The van der Waals surface area contributed by atoms with E-state index in [1.165, 1.54) is 4.90 Å². The number of amides is 1. The summed E-state index contributed by atoms with van der Waals surface area (Å²) in [7, 11) is 1.56. The summed E-state index contributed by atoms with van der Waals surface area (Å²) in [6, 6.07) is 7.53. The molecule has 0 radical (unpaired) electrons. The van der Waals surface area contributed by atoms with Gasteiger partial charge in [-0.2, -0.15) is 0 Å². The Balaban J connectivity index is 2.68. The number of carboxylic acid groups (broad SMARTS) is 1. The van der Waals surface area contributed by atoms with Crippen molar-refractivity contribution in [2.24, 2.45) is 5.73 Å². The number of nitrogens with two attached hydrogens (primary N) is 1. The Kier molecular flexibility index (Phi) is 6.45. The van der Waals surface area contributed by atoms with Crippen LogP contribution in [0.2, 0.25) is 5.02 Å². The summed E-state index contributed by atoms with van der Waals surface area (Å²) < 4.78 is 0. The van der Waals surface area contributed by atoms with Crippen LogP contribution in [0.4, 0.5) is 10.5 Å². The first kappa shape index (κ1) is 15.6. The van der Waals surface area contributed by atoms with Crippen LogP contribution >= 0.6 is 11.6 Å². The molecule has 3 N–H and O–H groups in total. The maximum absolute atomic E-state index is 10.8. The van der Waals surface area contributed by atoms with E-state index in [1.807, 2.05) is 24.3 Å². The van der Waals surface area contributed by atoms with Gasteiger partial charge in [-0.3, -0.25) is 0 Å². The van der Waals surface area contributed by atoms with Crippen LogP contribution in [0.1, 0.15) is 6.42 Å². The van der Waals surface area contributed by atoms with Gasteiger partial charge in [0.15, 0.2) is 0 Å². The molecule has 1 rings (SSSR count). The smallest absolute Gasteiger partial charge is 0.407 e. The maximum atomic E-state index is 10.8. The molecule has 0 heterocycles. The monoisotopic (exact) mass is 285 g/mol. The van der Waals surface area contributed by atoms with Crippen LogP contribution in [0.25, 0.3) is 0 Å². The molecule has 0 aromatic heterocycles. The van der Waals surface area contributed by atoms with Crippen molar-refractivity contribution >= 4 is 23.4 Å². The highest BCUT2D eigenvalue weighted by atomic mass is 35.5. The number of anilines is 1. The predicted octanol–water partition coefficient (Wildman–Crippen LogP) is 2.10. The van der Waals surface area contributed by atoms with Crippen LogP contribution in [0.3, 0.4) is 0 Å². The number of halogens is 1. The SMILES string of the molecule is CN(CCN(CCCN)c1cccc(Cl)c1)C(=O)O. The first-order valence-electron chi connectivity index (χ1n) is 6.19. The van der Waals surface area contributed by atoms with E-state index in [4.69, 9.17) is 22.4 Å². The Hall–Kier alpha value is -1.46. The molecule has 0 aliphatic rings. The summed E-state index contributed by atoms with van der Waals surface area (Å²) in [6.45, 7) is 2.44. The fourth-order valence-electron chi connectivity index (χ4n) is 1.69. The van der Waals surface area contributed by atoms with Crippen LogP contribution < -0.4 is 10.6 Å². The Morgan fingerprint density at radius 3 is 2.68 bits per heavy atom. The number of benzene rings is 1. The summed E-state index contributed by atoms with van der Waals surface area (Å²) in [6.07, 6.45) is -0.0756. The zero-order valence-corrected chi connectivity index (χ0v) is 11.8. The van der Waals surface area contributed by atoms with Crippen LogP contribution in [0, 0.1) is 0 Å². The van der Waals surface area contributed by atoms with Crippen molar-refractivity contribution < 1.29 is 9.90 Å². The maximum Gasteiger partial charge on any atom is 0.407 e. The second kappa shape index (κ2) is 7.86. The molecule has 0 spiro atoms. The zero-order valence-electron chi connectivity index (χ0n) is 11.1. The highest BCUT2D eigenvalue weighted by molar-refractivity contribution is 6.30. The van der Waals surface area contributed by atoms with Crippen LogP contribution in [0.5, 0.6) is 0 Å². The number of carbonyl (C=O) groups is 1. The molecule has 1 amide bonds. The van der Waals surface area contributed by atoms with E-state index in [2.05, 4.69) is 4.90 Å². The molecule has 0 saturated carbocycles. The minimum absolute atomic E-state index is 0.437. The topological polar surface area (TPSA) is 69.8 Å². The van der Waals surface area contributed by atoms with E-state index >= 15 is 0 Å². The van der Waals surface area contributed by atoms with Gasteiger partial charge in [-0.1, -0.05) is 17.7 Å². The van der Waals surface area contributed by atoms with Gasteiger partial charge < -0.3 is 20.6 Å². The zero-order chi connectivity index (χ0) is 14.3. The average Bonchev–Trinajstić information content (AvgIpc) is 2.38. The van der Waals surface area contributed by atoms with Crippen molar-refractivity contribution in [2.75, 3.05) is 38.1 Å². The number of hydrogen-bond donors (Lipinski definition) is 2. The highest BCUT2D eigenvalue weighted by Crippen LogP contribution is 2.19. The van der Waals surface area contributed by atoms with Gasteiger partial charge in [0.25, 0.3) is 0 Å². The van der Waals surface area contributed by atoms with E-state index in [1.54, 1.807) is 7.05 Å². The van der Waals surface area contributed by atoms with E-state index in [-0.39, 0.29) is 0 Å². The van der Waals surface area contributed by atoms with Crippen LogP contribution in [0.15, 0.2) is 24.3 Å². The third-order valence-corrected chi connectivity index (χ3v) is 3.07. The van der Waals surface area contributed by atoms with E-state index < -0.39 is 6.09 Å². The second-order valence-corrected chi connectivity index (χ2v) is 4.75. The summed E-state index contributed by atoms with van der Waals surface area (Å²) >= 11 is 5.98. The second-order valence-electron chi connectivity index (χ2n) is 4.31. The van der Waals surface area contributed by atoms with E-state index in [0.717, 1.165) is 18.7 Å². The summed E-state index contributed by atoms with van der Waals surface area (Å²) in [4.78, 5) is 14.1. The standard InChI is InChI=1S/C13H20ClN3O2/c1-16(13(18)19)8-9-17(7-3-6-15)12-5-2-4-11(14)10-12/h2,4-5,10H,3,6-9,15H2,1H3,(H,18,19). The van der Waals surface area contributed by atoms with Crippen molar-refractivity contribution in [1.29, 1.82) is 0 Å². The molecule has 1 aromatic rings. The first-order chi connectivity index (χ1) is 9.04. The summed E-state index contributed by atoms with van der Waals surface area (Å²) in [5.74, 6) is 0. The Labute approximate surface area is 118 Å². The number of nitrogens with zero attached hydrogens (tertiary/aromatic N) is 2. The Bertz CT molecular complexity index is 415. The lowest BCUT2D eigenvalue weighted by Gasteiger charge is -2.26. The van der Waals surface area contributed by atoms with Crippen LogP contribution in [-0.4, -0.2) is 49.3 Å². The molecule has 0 unspecified atom stereocenters. The third kappa shape index (κ3) is 5.36. The van der Waals surface area contributed by atoms with Gasteiger partial charge in [0.05, 0.1) is 0 Å². The lowest BCUT2D eigenvalue weighted by molar-refractivity contribution is 0.157. The van der Waals surface area contributed by atoms with Gasteiger partial charge in [-0.25, -0.2) is 4.79 Å². The van der Waals surface area contributed by atoms with Crippen LogP contribution in [-0.2, 0) is 0 Å². The molecule has 0 aliphatic carbocycles.